The van der Waals surface area contributed by atoms with E-state index in [1.807, 2.05) is 12.1 Å². The lowest BCUT2D eigenvalue weighted by Gasteiger charge is -2.22. The zero-order chi connectivity index (χ0) is 12.8. The van der Waals surface area contributed by atoms with Gasteiger partial charge in [-0.25, -0.2) is 0 Å². The Balaban J connectivity index is 1.74. The van der Waals surface area contributed by atoms with E-state index < -0.39 is 0 Å². The number of ketones is 1. The molecule has 0 aliphatic carbocycles. The molecule has 0 spiro atoms. The smallest absolute Gasteiger partial charge is 0.137 e. The predicted molar refractivity (Wildman–Crippen MR) is 74.8 cm³/mol. The molecular weight excluding hydrogens is 222 g/mol. The van der Waals surface area contributed by atoms with Crippen molar-refractivity contribution in [3.8, 4) is 0 Å². The van der Waals surface area contributed by atoms with E-state index in [-0.39, 0.29) is 0 Å². The van der Waals surface area contributed by atoms with Crippen molar-refractivity contribution in [2.24, 2.45) is 0 Å². The van der Waals surface area contributed by atoms with Crippen LogP contribution in [0.3, 0.4) is 0 Å². The lowest BCUT2D eigenvalue weighted by atomic mass is 9.97. The van der Waals surface area contributed by atoms with Crippen LogP contribution >= 0.6 is 0 Å². The summed E-state index contributed by atoms with van der Waals surface area (Å²) in [4.78, 5) is 11.9. The van der Waals surface area contributed by atoms with Crippen LogP contribution in [0.25, 0.3) is 0 Å². The lowest BCUT2D eigenvalue weighted by Crippen LogP contribution is -2.34. The number of carbonyl (C=O) groups excluding carboxylic acids is 1. The van der Waals surface area contributed by atoms with Crippen molar-refractivity contribution in [2.75, 3.05) is 6.54 Å². The molecule has 1 fully saturated rings. The van der Waals surface area contributed by atoms with Gasteiger partial charge in [0.2, 0.25) is 0 Å². The highest BCUT2D eigenvalue weighted by Gasteiger charge is 2.14. The number of benzene rings is 1. The summed E-state index contributed by atoms with van der Waals surface area (Å²) in [6.07, 6.45) is 6.14. The Kier molecular flexibility index (Phi) is 4.94. The topological polar surface area (TPSA) is 29.1 Å². The average Bonchev–Trinajstić information content (AvgIpc) is 2.38. The molecule has 0 bridgehead atoms. The third-order valence-electron chi connectivity index (χ3n) is 3.67. The fourth-order valence-corrected chi connectivity index (χ4v) is 2.64. The lowest BCUT2D eigenvalue weighted by molar-refractivity contribution is -0.118. The summed E-state index contributed by atoms with van der Waals surface area (Å²) in [5.74, 6) is 0.368. The van der Waals surface area contributed by atoms with Gasteiger partial charge in [-0.15, -0.1) is 0 Å². The summed E-state index contributed by atoms with van der Waals surface area (Å²) >= 11 is 0. The van der Waals surface area contributed by atoms with Gasteiger partial charge in [-0.3, -0.25) is 4.79 Å². The molecule has 2 rings (SSSR count). The molecule has 1 aliphatic heterocycles. The molecule has 1 N–H and O–H groups in total. The Labute approximate surface area is 110 Å². The average molecular weight is 245 g/mol. The first-order valence-corrected chi connectivity index (χ1v) is 7.04. The van der Waals surface area contributed by atoms with E-state index >= 15 is 0 Å². The van der Waals surface area contributed by atoms with Crippen molar-refractivity contribution in [1.82, 2.24) is 5.32 Å². The molecule has 1 aliphatic rings. The standard InChI is InChI=1S/C16H23NO/c1-13-5-4-6-14(11-13)12-16(18)9-8-15-7-2-3-10-17-15/h4-6,11,15,17H,2-3,7-10,12H2,1H3. The van der Waals surface area contributed by atoms with Crippen molar-refractivity contribution in [3.63, 3.8) is 0 Å². The van der Waals surface area contributed by atoms with Crippen LogP contribution < -0.4 is 5.32 Å². The second-order valence-electron chi connectivity index (χ2n) is 5.39. The fourth-order valence-electron chi connectivity index (χ4n) is 2.64. The molecule has 2 nitrogen and oxygen atoms in total. The minimum absolute atomic E-state index is 0.368. The van der Waals surface area contributed by atoms with Crippen molar-refractivity contribution in [1.29, 1.82) is 0 Å². The van der Waals surface area contributed by atoms with Crippen LogP contribution in [-0.2, 0) is 11.2 Å². The minimum Gasteiger partial charge on any atom is -0.314 e. The van der Waals surface area contributed by atoms with Gasteiger partial charge in [0.15, 0.2) is 0 Å². The number of Topliss-reactive ketones (excluding diaryl/α,β-unsaturated/α-hetero) is 1. The van der Waals surface area contributed by atoms with Gasteiger partial charge in [-0.1, -0.05) is 36.2 Å². The number of carbonyl (C=O) groups is 1. The summed E-state index contributed by atoms with van der Waals surface area (Å²) in [7, 11) is 0. The molecule has 98 valence electrons. The molecule has 0 amide bonds. The molecule has 18 heavy (non-hydrogen) atoms. The zero-order valence-corrected chi connectivity index (χ0v) is 11.2. The van der Waals surface area contributed by atoms with Crippen LogP contribution in [0.5, 0.6) is 0 Å². The first kappa shape index (κ1) is 13.3. The monoisotopic (exact) mass is 245 g/mol. The van der Waals surface area contributed by atoms with Crippen LogP contribution in [0.15, 0.2) is 24.3 Å². The fraction of sp³-hybridized carbons (Fsp3) is 0.562. The molecule has 1 heterocycles. The molecular formula is C16H23NO. The molecule has 1 unspecified atom stereocenters. The predicted octanol–water partition coefficient (Wildman–Crippen LogP) is 3.03. The molecule has 1 saturated heterocycles. The summed E-state index contributed by atoms with van der Waals surface area (Å²) in [5, 5.41) is 3.50. The number of hydrogen-bond donors (Lipinski definition) is 1. The van der Waals surface area contributed by atoms with Crippen LogP contribution in [0.4, 0.5) is 0 Å². The first-order valence-electron chi connectivity index (χ1n) is 7.04. The SMILES string of the molecule is Cc1cccc(CC(=O)CCC2CCCCN2)c1. The highest BCUT2D eigenvalue weighted by molar-refractivity contribution is 5.80. The van der Waals surface area contributed by atoms with Gasteiger partial charge in [-0.05, 0) is 38.3 Å². The molecule has 0 aromatic heterocycles. The maximum Gasteiger partial charge on any atom is 0.137 e. The van der Waals surface area contributed by atoms with E-state index in [1.54, 1.807) is 0 Å². The number of nitrogens with one attached hydrogen (secondary N) is 1. The minimum atomic E-state index is 0.368. The summed E-state index contributed by atoms with van der Waals surface area (Å²) in [6, 6.07) is 8.82. The molecule has 0 radical (unpaired) electrons. The van der Waals surface area contributed by atoms with Gasteiger partial charge in [-0.2, -0.15) is 0 Å². The summed E-state index contributed by atoms with van der Waals surface area (Å²) in [6.45, 7) is 3.19. The number of hydrogen-bond acceptors (Lipinski definition) is 2. The molecule has 0 saturated carbocycles. The number of piperidine rings is 1. The third kappa shape index (κ3) is 4.26. The highest BCUT2D eigenvalue weighted by Crippen LogP contribution is 2.13. The second kappa shape index (κ2) is 6.69. The molecule has 1 aromatic rings. The Bertz CT molecular complexity index is 394. The second-order valence-corrected chi connectivity index (χ2v) is 5.39. The van der Waals surface area contributed by atoms with Crippen molar-refractivity contribution in [3.05, 3.63) is 35.4 Å². The largest absolute Gasteiger partial charge is 0.314 e. The van der Waals surface area contributed by atoms with Gasteiger partial charge in [0.25, 0.3) is 0 Å². The Morgan fingerprint density at radius 2 is 2.28 bits per heavy atom. The van der Waals surface area contributed by atoms with Crippen LogP contribution in [0.1, 0.15) is 43.2 Å². The zero-order valence-electron chi connectivity index (χ0n) is 11.2. The van der Waals surface area contributed by atoms with Crippen LogP contribution in [0, 0.1) is 6.92 Å². The van der Waals surface area contributed by atoms with E-state index in [0.717, 1.165) is 18.5 Å². The Morgan fingerprint density at radius 3 is 3.00 bits per heavy atom. The van der Waals surface area contributed by atoms with Crippen LogP contribution in [0.2, 0.25) is 0 Å². The van der Waals surface area contributed by atoms with Gasteiger partial charge < -0.3 is 5.32 Å². The van der Waals surface area contributed by atoms with Crippen molar-refractivity contribution >= 4 is 5.78 Å². The van der Waals surface area contributed by atoms with Gasteiger partial charge >= 0.3 is 0 Å². The van der Waals surface area contributed by atoms with E-state index in [0.29, 0.717) is 24.7 Å². The van der Waals surface area contributed by atoms with E-state index in [9.17, 15) is 4.79 Å². The Morgan fingerprint density at radius 1 is 1.39 bits per heavy atom. The summed E-state index contributed by atoms with van der Waals surface area (Å²) < 4.78 is 0. The van der Waals surface area contributed by atoms with Crippen molar-refractivity contribution in [2.45, 2.75) is 51.5 Å². The van der Waals surface area contributed by atoms with E-state index in [2.05, 4.69) is 24.4 Å². The van der Waals surface area contributed by atoms with Gasteiger partial charge in [0.1, 0.15) is 5.78 Å². The maximum atomic E-state index is 11.9. The number of rotatable bonds is 5. The van der Waals surface area contributed by atoms with E-state index in [4.69, 9.17) is 0 Å². The normalized spacial score (nSPS) is 19.7. The van der Waals surface area contributed by atoms with Gasteiger partial charge in [0.05, 0.1) is 0 Å². The van der Waals surface area contributed by atoms with E-state index in [1.165, 1.54) is 24.8 Å². The van der Waals surface area contributed by atoms with Crippen molar-refractivity contribution < 1.29 is 4.79 Å². The maximum absolute atomic E-state index is 11.9. The van der Waals surface area contributed by atoms with Crippen LogP contribution in [-0.4, -0.2) is 18.4 Å². The van der Waals surface area contributed by atoms with Gasteiger partial charge in [0, 0.05) is 18.9 Å². The molecule has 1 aromatic carbocycles. The molecule has 1 atom stereocenters. The quantitative estimate of drug-likeness (QED) is 0.864. The highest BCUT2D eigenvalue weighted by atomic mass is 16.1. The first-order chi connectivity index (χ1) is 8.74. The summed E-state index contributed by atoms with van der Waals surface area (Å²) in [5.41, 5.74) is 2.38. The third-order valence-corrected chi connectivity index (χ3v) is 3.67. The number of aryl methyl sites for hydroxylation is 1. The Hall–Kier alpha value is -1.15. The molecule has 2 heteroatoms.